The molecule has 1 saturated carbocycles. The smallest absolute Gasteiger partial charge is 0.308 e. The minimum atomic E-state index is -3.92. The van der Waals surface area contributed by atoms with Crippen molar-refractivity contribution < 1.29 is 21.6 Å². The van der Waals surface area contributed by atoms with E-state index >= 15 is 0 Å². The predicted molar refractivity (Wildman–Crippen MR) is 186 cm³/mol. The van der Waals surface area contributed by atoms with E-state index in [1.807, 2.05) is 12.1 Å². The minimum absolute atomic E-state index is 0.0914. The van der Waals surface area contributed by atoms with Gasteiger partial charge in [0.2, 0.25) is 0 Å². The molecule has 16 heteroatoms. The Morgan fingerprint density at radius 3 is 1.71 bits per heavy atom. The van der Waals surface area contributed by atoms with Gasteiger partial charge in [0, 0.05) is 77.2 Å². The minimum Gasteiger partial charge on any atom is -0.324 e. The molecule has 1 aromatic carbocycles. The fourth-order valence-corrected chi connectivity index (χ4v) is 7.95. The van der Waals surface area contributed by atoms with E-state index in [4.69, 9.17) is 0 Å². The summed E-state index contributed by atoms with van der Waals surface area (Å²) in [6.45, 7) is 7.07. The van der Waals surface area contributed by atoms with Gasteiger partial charge in [-0.25, -0.2) is 17.9 Å². The summed E-state index contributed by atoms with van der Waals surface area (Å²) >= 11 is 0. The third-order valence-corrected chi connectivity index (χ3v) is 12.3. The highest BCUT2D eigenvalue weighted by Crippen LogP contribution is 2.24. The number of imidazole rings is 2. The molecule has 14 nitrogen and oxygen atoms in total. The lowest BCUT2D eigenvalue weighted by atomic mass is 9.89. The molecular formula is C32H51N9O5S2. The fourth-order valence-electron chi connectivity index (χ4n) is 6.09. The van der Waals surface area contributed by atoms with Gasteiger partial charge < -0.3 is 15.1 Å². The molecule has 1 amide bonds. The third-order valence-electron chi connectivity index (χ3n) is 8.76. The van der Waals surface area contributed by atoms with E-state index in [0.29, 0.717) is 24.2 Å². The average molecular weight is 706 g/mol. The van der Waals surface area contributed by atoms with Crippen LogP contribution in [0.1, 0.15) is 79.9 Å². The van der Waals surface area contributed by atoms with Crippen LogP contribution in [0.4, 0.5) is 0 Å². The molecule has 2 heterocycles. The van der Waals surface area contributed by atoms with Crippen LogP contribution >= 0.6 is 0 Å². The maximum Gasteiger partial charge on any atom is 0.308 e. The van der Waals surface area contributed by atoms with Crippen molar-refractivity contribution in [3.63, 3.8) is 0 Å². The highest BCUT2D eigenvalue weighted by Gasteiger charge is 2.28. The standard InChI is InChI=1S/C32H51N9O5S2/c1-7-19-38(20-8-2)29-15-13-28(14-16-29)35-23-26-9-11-27(12-10-26)32(42)39(24-30-33-17-21-40(30)47(43,44)36(3)4)25-31-34-18-22-41(31)48(45,46)37(5)6/h9-12,17-18,21-22,28-29,35H,7-8,13-16,19-20,23-25H2,1-6H3/t28-,29-. The summed E-state index contributed by atoms with van der Waals surface area (Å²) in [6, 6.07) is 8.41. The van der Waals surface area contributed by atoms with Crippen molar-refractivity contribution in [3.8, 4) is 0 Å². The molecule has 2 aromatic heterocycles. The first-order valence-electron chi connectivity index (χ1n) is 16.6. The molecule has 48 heavy (non-hydrogen) atoms. The lowest BCUT2D eigenvalue weighted by Gasteiger charge is -2.37. The second-order valence-corrected chi connectivity index (χ2v) is 16.7. The van der Waals surface area contributed by atoms with Crippen LogP contribution in [0.25, 0.3) is 0 Å². The van der Waals surface area contributed by atoms with Crippen LogP contribution in [0.3, 0.4) is 0 Å². The van der Waals surface area contributed by atoms with Crippen molar-refractivity contribution in [2.75, 3.05) is 41.3 Å². The van der Waals surface area contributed by atoms with Crippen LogP contribution in [0.15, 0.2) is 49.1 Å². The second-order valence-electron chi connectivity index (χ2n) is 12.6. The van der Waals surface area contributed by atoms with Gasteiger partial charge in [0.1, 0.15) is 11.6 Å². The van der Waals surface area contributed by atoms with Crippen molar-refractivity contribution >= 4 is 26.3 Å². The van der Waals surface area contributed by atoms with Crippen molar-refractivity contribution in [1.29, 1.82) is 0 Å². The molecule has 0 radical (unpaired) electrons. The molecule has 1 aliphatic carbocycles. The first-order valence-corrected chi connectivity index (χ1v) is 19.3. The zero-order valence-electron chi connectivity index (χ0n) is 29.0. The number of nitrogens with zero attached hydrogens (tertiary/aromatic N) is 8. The van der Waals surface area contributed by atoms with Crippen molar-refractivity contribution in [3.05, 3.63) is 71.8 Å². The summed E-state index contributed by atoms with van der Waals surface area (Å²) in [7, 11) is -2.23. The molecular weight excluding hydrogens is 655 g/mol. The Kier molecular flexibility index (Phi) is 12.9. The Hall–Kier alpha value is -3.15. The van der Waals surface area contributed by atoms with Crippen LogP contribution in [-0.2, 0) is 40.1 Å². The van der Waals surface area contributed by atoms with Crippen molar-refractivity contribution in [2.45, 2.75) is 84.1 Å². The predicted octanol–water partition coefficient (Wildman–Crippen LogP) is 2.75. The molecule has 0 atom stereocenters. The number of benzene rings is 1. The Balaban J connectivity index is 1.49. The largest absolute Gasteiger partial charge is 0.324 e. The SMILES string of the molecule is CCCN(CCC)[C@H]1CC[C@H](NCc2ccc(C(=O)N(Cc3nccn3S(=O)(=O)N(C)C)Cc3nccn3S(=O)(=O)N(C)C)cc2)CC1. The number of carbonyl (C=O) groups is 1. The number of rotatable bonds is 17. The maximum atomic E-state index is 14.0. The van der Waals surface area contributed by atoms with E-state index in [1.54, 1.807) is 12.1 Å². The van der Waals surface area contributed by atoms with E-state index in [2.05, 4.69) is 34.0 Å². The van der Waals surface area contributed by atoms with E-state index < -0.39 is 26.3 Å². The van der Waals surface area contributed by atoms with Crippen LogP contribution in [0.2, 0.25) is 0 Å². The molecule has 3 aromatic rings. The normalized spacial score (nSPS) is 17.4. The molecule has 0 saturated heterocycles. The topological polar surface area (TPSA) is 146 Å². The summed E-state index contributed by atoms with van der Waals surface area (Å²) in [5.41, 5.74) is 1.41. The van der Waals surface area contributed by atoms with Crippen molar-refractivity contribution in [2.24, 2.45) is 0 Å². The first-order chi connectivity index (χ1) is 22.8. The Morgan fingerprint density at radius 1 is 0.792 bits per heavy atom. The van der Waals surface area contributed by atoms with Crippen molar-refractivity contribution in [1.82, 2.24) is 41.6 Å². The molecule has 1 N–H and O–H groups in total. The molecule has 266 valence electrons. The van der Waals surface area contributed by atoms with Gasteiger partial charge >= 0.3 is 20.4 Å². The summed E-state index contributed by atoms with van der Waals surface area (Å²) < 4.78 is 55.9. The van der Waals surface area contributed by atoms with E-state index in [0.717, 1.165) is 48.0 Å². The first kappa shape index (κ1) is 37.7. The number of carbonyl (C=O) groups excluding carboxylic acids is 1. The van der Waals surface area contributed by atoms with Gasteiger partial charge in [0.15, 0.2) is 0 Å². The van der Waals surface area contributed by atoms with E-state index in [1.165, 1.54) is 83.6 Å². The molecule has 0 spiro atoms. The van der Waals surface area contributed by atoms with Crippen LogP contribution in [-0.4, -0.2) is 112 Å². The van der Waals surface area contributed by atoms with Crippen LogP contribution < -0.4 is 5.32 Å². The third kappa shape index (κ3) is 8.90. The molecule has 1 aliphatic rings. The molecule has 1 fully saturated rings. The number of aromatic nitrogens is 4. The molecule has 4 rings (SSSR count). The summed E-state index contributed by atoms with van der Waals surface area (Å²) in [6.07, 6.45) is 12.3. The Morgan fingerprint density at radius 2 is 1.27 bits per heavy atom. The molecule has 0 unspecified atom stereocenters. The quantitative estimate of drug-likeness (QED) is 0.224. The average Bonchev–Trinajstić information content (AvgIpc) is 3.74. The number of amides is 1. The molecule has 0 aliphatic heterocycles. The van der Waals surface area contributed by atoms with Gasteiger partial charge in [-0.05, 0) is 69.3 Å². The number of nitrogens with one attached hydrogen (secondary N) is 1. The van der Waals surface area contributed by atoms with Crippen LogP contribution in [0.5, 0.6) is 0 Å². The second kappa shape index (κ2) is 16.5. The number of hydrogen-bond acceptors (Lipinski definition) is 9. The Bertz CT molecular complexity index is 1610. The van der Waals surface area contributed by atoms with Crippen LogP contribution in [0, 0.1) is 0 Å². The van der Waals surface area contributed by atoms with Gasteiger partial charge in [0.25, 0.3) is 5.91 Å². The van der Waals surface area contributed by atoms with Gasteiger partial charge in [-0.1, -0.05) is 26.0 Å². The zero-order chi connectivity index (χ0) is 35.1. The van der Waals surface area contributed by atoms with Gasteiger partial charge in [0.05, 0.1) is 13.1 Å². The monoisotopic (exact) mass is 705 g/mol. The van der Waals surface area contributed by atoms with Gasteiger partial charge in [-0.15, -0.1) is 0 Å². The van der Waals surface area contributed by atoms with Gasteiger partial charge in [-0.2, -0.15) is 25.4 Å². The van der Waals surface area contributed by atoms with E-state index in [9.17, 15) is 21.6 Å². The summed E-state index contributed by atoms with van der Waals surface area (Å²) in [5.74, 6) is -0.243. The highest BCUT2D eigenvalue weighted by molar-refractivity contribution is 7.87. The lowest BCUT2D eigenvalue weighted by Crippen LogP contribution is -2.43. The fraction of sp³-hybridized carbons (Fsp3) is 0.594. The Labute approximate surface area is 286 Å². The van der Waals surface area contributed by atoms with E-state index in [-0.39, 0.29) is 24.7 Å². The number of hydrogen-bond donors (Lipinski definition) is 1. The maximum absolute atomic E-state index is 14.0. The van der Waals surface area contributed by atoms with Gasteiger partial charge in [-0.3, -0.25) is 4.79 Å². The lowest BCUT2D eigenvalue weighted by molar-refractivity contribution is 0.0720. The molecule has 0 bridgehead atoms. The highest BCUT2D eigenvalue weighted by atomic mass is 32.2. The summed E-state index contributed by atoms with van der Waals surface area (Å²) in [5, 5.41) is 3.69. The summed E-state index contributed by atoms with van der Waals surface area (Å²) in [4.78, 5) is 26.4. The zero-order valence-corrected chi connectivity index (χ0v) is 30.6.